The molecule has 0 aromatic heterocycles. The van der Waals surface area contributed by atoms with Gasteiger partial charge in [-0.2, -0.15) is 0 Å². The van der Waals surface area contributed by atoms with Gasteiger partial charge in [-0.1, -0.05) is 50.2 Å². The van der Waals surface area contributed by atoms with E-state index in [2.05, 4.69) is 5.32 Å². The van der Waals surface area contributed by atoms with E-state index in [-0.39, 0.29) is 33.4 Å². The Balaban J connectivity index is 1.78. The fourth-order valence-corrected chi connectivity index (χ4v) is 4.22. The average molecular weight is 520 g/mol. The predicted octanol–water partition coefficient (Wildman–Crippen LogP) is 5.01. The Morgan fingerprint density at radius 1 is 1.11 bits per heavy atom. The number of nitrogens with zero attached hydrogens (tertiary/aromatic N) is 2. The van der Waals surface area contributed by atoms with Crippen LogP contribution in [0.25, 0.3) is 16.8 Å². The lowest BCUT2D eigenvalue weighted by molar-refractivity contribution is -0.385. The minimum atomic E-state index is -0.753. The van der Waals surface area contributed by atoms with Crippen LogP contribution in [0.1, 0.15) is 25.8 Å². The highest BCUT2D eigenvalue weighted by molar-refractivity contribution is 7.80. The van der Waals surface area contributed by atoms with E-state index in [1.54, 1.807) is 12.1 Å². The van der Waals surface area contributed by atoms with E-state index >= 15 is 0 Å². The van der Waals surface area contributed by atoms with Gasteiger partial charge in [0.25, 0.3) is 17.5 Å². The first-order valence-corrected chi connectivity index (χ1v) is 12.0. The molecule has 3 aromatic carbocycles. The SMILES string of the molecule is COc1cc(C=C2C(=O)NC(=S)N(c3cccc4ccccc34)C2=O)c([N+](=O)[O-])cc1OCCC(C)C. The van der Waals surface area contributed by atoms with Crippen LogP contribution < -0.4 is 19.7 Å². The highest BCUT2D eigenvalue weighted by atomic mass is 32.1. The third kappa shape index (κ3) is 5.29. The fourth-order valence-electron chi connectivity index (χ4n) is 3.95. The molecule has 10 heteroatoms. The van der Waals surface area contributed by atoms with Gasteiger partial charge < -0.3 is 9.47 Å². The third-order valence-electron chi connectivity index (χ3n) is 5.87. The standard InChI is InChI=1S/C27H25N3O6S/c1-16(2)11-12-36-24-15-22(30(33)34)18(14-23(24)35-3)13-20-25(31)28-27(37)29(26(20)32)21-10-6-8-17-7-4-5-9-19(17)21/h4-10,13-16H,11-12H2,1-3H3,(H,28,31,37). The topological polar surface area (TPSA) is 111 Å². The van der Waals surface area contributed by atoms with E-state index in [4.69, 9.17) is 21.7 Å². The number of hydrogen-bond donors (Lipinski definition) is 1. The molecular weight excluding hydrogens is 494 g/mol. The highest BCUT2D eigenvalue weighted by Gasteiger charge is 2.36. The minimum Gasteiger partial charge on any atom is -0.493 e. The molecule has 0 aliphatic carbocycles. The molecule has 190 valence electrons. The lowest BCUT2D eigenvalue weighted by Crippen LogP contribution is -2.54. The number of anilines is 1. The van der Waals surface area contributed by atoms with Gasteiger partial charge in [-0.3, -0.25) is 29.9 Å². The van der Waals surface area contributed by atoms with Crippen molar-refractivity contribution in [1.82, 2.24) is 5.32 Å². The number of methoxy groups -OCH3 is 1. The molecular formula is C27H25N3O6S. The molecule has 0 unspecified atom stereocenters. The molecule has 4 rings (SSSR count). The van der Waals surface area contributed by atoms with Crippen LogP contribution in [-0.2, 0) is 9.59 Å². The summed E-state index contributed by atoms with van der Waals surface area (Å²) < 4.78 is 11.1. The number of carbonyl (C=O) groups excluding carboxylic acids is 2. The van der Waals surface area contributed by atoms with E-state index in [0.29, 0.717) is 18.2 Å². The van der Waals surface area contributed by atoms with Crippen molar-refractivity contribution in [2.24, 2.45) is 5.92 Å². The molecule has 1 aliphatic rings. The fraction of sp³-hybridized carbons (Fsp3) is 0.222. The van der Waals surface area contributed by atoms with Gasteiger partial charge in [-0.25, -0.2) is 0 Å². The summed E-state index contributed by atoms with van der Waals surface area (Å²) in [7, 11) is 1.41. The Labute approximate surface area is 218 Å². The molecule has 37 heavy (non-hydrogen) atoms. The Morgan fingerprint density at radius 2 is 1.84 bits per heavy atom. The number of nitrogens with one attached hydrogen (secondary N) is 1. The molecule has 2 amide bonds. The van der Waals surface area contributed by atoms with Crippen molar-refractivity contribution >= 4 is 57.4 Å². The molecule has 0 radical (unpaired) electrons. The Bertz CT molecular complexity index is 1440. The number of amides is 2. The first-order valence-electron chi connectivity index (χ1n) is 11.6. The maximum absolute atomic E-state index is 13.6. The summed E-state index contributed by atoms with van der Waals surface area (Å²) in [6.45, 7) is 4.43. The maximum atomic E-state index is 13.6. The molecule has 1 fully saturated rings. The number of rotatable bonds is 8. The molecule has 0 atom stereocenters. The summed E-state index contributed by atoms with van der Waals surface area (Å²) in [4.78, 5) is 38.9. The first kappa shape index (κ1) is 25.8. The van der Waals surface area contributed by atoms with Crippen LogP contribution in [0.2, 0.25) is 0 Å². The number of carbonyl (C=O) groups is 2. The molecule has 0 spiro atoms. The van der Waals surface area contributed by atoms with Gasteiger partial charge in [-0.05, 0) is 48.2 Å². The zero-order valence-corrected chi connectivity index (χ0v) is 21.3. The van der Waals surface area contributed by atoms with E-state index in [1.165, 1.54) is 30.2 Å². The van der Waals surface area contributed by atoms with Crippen LogP contribution in [0.15, 0.2) is 60.2 Å². The smallest absolute Gasteiger partial charge is 0.280 e. The van der Waals surface area contributed by atoms with Gasteiger partial charge in [0.1, 0.15) is 5.57 Å². The Hall–Kier alpha value is -4.31. The van der Waals surface area contributed by atoms with Crippen LogP contribution in [0.5, 0.6) is 11.5 Å². The number of hydrogen-bond acceptors (Lipinski definition) is 7. The second-order valence-electron chi connectivity index (χ2n) is 8.81. The number of ether oxygens (including phenoxy) is 2. The summed E-state index contributed by atoms with van der Waals surface area (Å²) in [5.74, 6) is -0.620. The van der Waals surface area contributed by atoms with Crippen LogP contribution in [0.3, 0.4) is 0 Å². The molecule has 1 heterocycles. The number of thiocarbonyl (C=S) groups is 1. The maximum Gasteiger partial charge on any atom is 0.280 e. The molecule has 1 N–H and O–H groups in total. The number of nitro groups is 1. The Morgan fingerprint density at radius 3 is 2.54 bits per heavy atom. The average Bonchev–Trinajstić information content (AvgIpc) is 2.86. The molecule has 1 saturated heterocycles. The lowest BCUT2D eigenvalue weighted by atomic mass is 10.0. The second-order valence-corrected chi connectivity index (χ2v) is 9.19. The van der Waals surface area contributed by atoms with Crippen molar-refractivity contribution in [3.63, 3.8) is 0 Å². The zero-order valence-electron chi connectivity index (χ0n) is 20.5. The molecule has 9 nitrogen and oxygen atoms in total. The second kappa shape index (κ2) is 10.8. The van der Waals surface area contributed by atoms with Crippen LogP contribution in [0.4, 0.5) is 11.4 Å². The van der Waals surface area contributed by atoms with Gasteiger partial charge in [-0.15, -0.1) is 0 Å². The Kier molecular flexibility index (Phi) is 7.49. The predicted molar refractivity (Wildman–Crippen MR) is 145 cm³/mol. The largest absolute Gasteiger partial charge is 0.493 e. The first-order chi connectivity index (χ1) is 17.7. The number of nitro benzene ring substituents is 1. The number of fused-ring (bicyclic) bond motifs is 1. The van der Waals surface area contributed by atoms with E-state index < -0.39 is 16.7 Å². The van der Waals surface area contributed by atoms with Gasteiger partial charge >= 0.3 is 0 Å². The summed E-state index contributed by atoms with van der Waals surface area (Å²) in [6.07, 6.45) is 1.93. The van der Waals surface area contributed by atoms with Gasteiger partial charge in [0.05, 0.1) is 36.0 Å². The van der Waals surface area contributed by atoms with Gasteiger partial charge in [0, 0.05) is 5.39 Å². The minimum absolute atomic E-state index is 0.0160. The van der Waals surface area contributed by atoms with E-state index in [0.717, 1.165) is 17.2 Å². The van der Waals surface area contributed by atoms with E-state index in [9.17, 15) is 19.7 Å². The monoisotopic (exact) mass is 519 g/mol. The van der Waals surface area contributed by atoms with Crippen molar-refractivity contribution in [3.8, 4) is 11.5 Å². The summed E-state index contributed by atoms with van der Waals surface area (Å²) in [5, 5.41) is 16.0. The zero-order chi connectivity index (χ0) is 26.7. The quantitative estimate of drug-likeness (QED) is 0.146. The van der Waals surface area contributed by atoms with Crippen molar-refractivity contribution < 1.29 is 24.0 Å². The third-order valence-corrected chi connectivity index (χ3v) is 6.16. The molecule has 3 aromatic rings. The van der Waals surface area contributed by atoms with Crippen molar-refractivity contribution in [2.75, 3.05) is 18.6 Å². The van der Waals surface area contributed by atoms with Crippen molar-refractivity contribution in [1.29, 1.82) is 0 Å². The highest BCUT2D eigenvalue weighted by Crippen LogP contribution is 2.37. The van der Waals surface area contributed by atoms with Crippen molar-refractivity contribution in [3.05, 3.63) is 75.8 Å². The summed E-state index contributed by atoms with van der Waals surface area (Å²) in [6, 6.07) is 15.5. The van der Waals surface area contributed by atoms with Crippen LogP contribution in [-0.4, -0.2) is 35.6 Å². The molecule has 0 saturated carbocycles. The van der Waals surface area contributed by atoms with Gasteiger partial charge in [0.2, 0.25) is 0 Å². The molecule has 0 bridgehead atoms. The van der Waals surface area contributed by atoms with Crippen molar-refractivity contribution in [2.45, 2.75) is 20.3 Å². The number of benzene rings is 3. The van der Waals surface area contributed by atoms with Crippen LogP contribution in [0, 0.1) is 16.0 Å². The summed E-state index contributed by atoms with van der Waals surface area (Å²) in [5.41, 5.74) is -0.138. The summed E-state index contributed by atoms with van der Waals surface area (Å²) >= 11 is 5.33. The normalized spacial score (nSPS) is 14.9. The lowest BCUT2D eigenvalue weighted by Gasteiger charge is -2.29. The van der Waals surface area contributed by atoms with Gasteiger partial charge in [0.15, 0.2) is 16.6 Å². The van der Waals surface area contributed by atoms with Crippen LogP contribution >= 0.6 is 12.2 Å². The molecule has 1 aliphatic heterocycles. The van der Waals surface area contributed by atoms with E-state index in [1.807, 2.05) is 44.2 Å².